The summed E-state index contributed by atoms with van der Waals surface area (Å²) in [6.45, 7) is 8.97. The molecule has 0 radical (unpaired) electrons. The molecule has 7 heteroatoms. The molecule has 1 saturated carbocycles. The molecule has 1 fully saturated rings. The van der Waals surface area contributed by atoms with Gasteiger partial charge in [-0.3, -0.25) is 9.52 Å². The minimum Gasteiger partial charge on any atom is -0.490 e. The molecule has 2 heterocycles. The highest BCUT2D eigenvalue weighted by Gasteiger charge is 2.45. The molecule has 4 aliphatic rings. The molecule has 2 aromatic rings. The van der Waals surface area contributed by atoms with Crippen molar-refractivity contribution < 1.29 is 14.6 Å². The van der Waals surface area contributed by atoms with Gasteiger partial charge < -0.3 is 14.7 Å². The number of carbonyl (C=O) groups is 1. The molecule has 5 unspecified atom stereocenters. The largest absolute Gasteiger partial charge is 0.490 e. The summed E-state index contributed by atoms with van der Waals surface area (Å²) < 4.78 is 9.76. The molecule has 41 heavy (non-hydrogen) atoms. The number of ether oxygens (including phenoxy) is 1. The predicted molar refractivity (Wildman–Crippen MR) is 169 cm³/mol. The van der Waals surface area contributed by atoms with Crippen molar-refractivity contribution in [2.75, 3.05) is 24.6 Å². The van der Waals surface area contributed by atoms with Crippen molar-refractivity contribution in [2.45, 2.75) is 76.1 Å². The second-order valence-corrected chi connectivity index (χ2v) is 14.8. The van der Waals surface area contributed by atoms with E-state index in [0.29, 0.717) is 35.2 Å². The maximum atomic E-state index is 13.5. The van der Waals surface area contributed by atoms with E-state index in [1.54, 1.807) is 11.9 Å². The van der Waals surface area contributed by atoms with E-state index >= 15 is 0 Å². The molecule has 2 aliphatic heterocycles. The molecule has 2 aliphatic carbocycles. The maximum absolute atomic E-state index is 13.5. The van der Waals surface area contributed by atoms with Crippen molar-refractivity contribution in [2.24, 2.45) is 23.7 Å². The SMILES string of the molecule is CC(C)CC1SNC(=O)c2ccc3c(c2)N(C[C@@H]2CCC2C(O)/C=C/CC1C)CC1(CCc2cc(Cl)ccc21)CO3. The molecule has 6 atom stereocenters. The lowest BCUT2D eigenvalue weighted by atomic mass is 9.70. The van der Waals surface area contributed by atoms with Gasteiger partial charge in [0.15, 0.2) is 0 Å². The van der Waals surface area contributed by atoms with Crippen molar-refractivity contribution in [3.05, 3.63) is 70.3 Å². The number of aliphatic hydroxyl groups excluding tert-OH is 1. The number of fused-ring (bicyclic) bond motifs is 4. The zero-order valence-electron chi connectivity index (χ0n) is 24.4. The van der Waals surface area contributed by atoms with Gasteiger partial charge in [-0.1, -0.05) is 50.6 Å². The number of aryl methyl sites for hydroxylation is 1. The van der Waals surface area contributed by atoms with Crippen LogP contribution in [-0.4, -0.2) is 42.1 Å². The first-order valence-electron chi connectivity index (χ1n) is 15.3. The lowest BCUT2D eigenvalue weighted by molar-refractivity contribution is 0.0457. The molecule has 220 valence electrons. The fourth-order valence-electron chi connectivity index (χ4n) is 7.34. The highest BCUT2D eigenvalue weighted by molar-refractivity contribution is 7.98. The summed E-state index contributed by atoms with van der Waals surface area (Å²) in [6.07, 6.45) is 9.83. The third-order valence-corrected chi connectivity index (χ3v) is 11.4. The first-order chi connectivity index (χ1) is 19.7. The van der Waals surface area contributed by atoms with E-state index in [9.17, 15) is 9.90 Å². The Bertz CT molecular complexity index is 1310. The highest BCUT2D eigenvalue weighted by Crippen LogP contribution is 2.47. The Morgan fingerprint density at radius 1 is 1.22 bits per heavy atom. The fraction of sp³-hybridized carbons (Fsp3) is 0.559. The first-order valence-corrected chi connectivity index (χ1v) is 16.6. The number of aliphatic hydroxyl groups is 1. The summed E-state index contributed by atoms with van der Waals surface area (Å²) in [7, 11) is 0. The number of anilines is 1. The summed E-state index contributed by atoms with van der Waals surface area (Å²) >= 11 is 7.92. The van der Waals surface area contributed by atoms with Crippen molar-refractivity contribution in [3.8, 4) is 5.75 Å². The second-order valence-electron chi connectivity index (χ2n) is 13.3. The van der Waals surface area contributed by atoms with E-state index in [0.717, 1.165) is 68.1 Å². The van der Waals surface area contributed by atoms with Crippen LogP contribution in [-0.2, 0) is 11.8 Å². The van der Waals surface area contributed by atoms with Crippen LogP contribution in [0.1, 0.15) is 74.4 Å². The third-order valence-electron chi connectivity index (χ3n) is 9.92. The number of hydrogen-bond acceptors (Lipinski definition) is 5. The quantitative estimate of drug-likeness (QED) is 0.284. The standard InChI is InChI=1S/C34H43ClN2O3S/c1-21(2)15-32-22(3)5-4-6-30(38)27-10-7-25(27)18-37-19-34(14-13-23-16-26(35)9-11-28(23)34)20-40-31-12-8-24(17-29(31)37)33(39)36-41-32/h4,6,8-9,11-12,16-17,21-22,25,27,30,32,38H,5,7,10,13-15,18-20H2,1-3H3,(H,36,39)/b6-4+/t22?,25-,27?,30?,32?,34?/m0/s1. The zero-order chi connectivity index (χ0) is 28.7. The van der Waals surface area contributed by atoms with Crippen LogP contribution in [0.5, 0.6) is 5.75 Å². The van der Waals surface area contributed by atoms with Crippen LogP contribution < -0.4 is 14.4 Å². The molecule has 6 rings (SSSR count). The number of halogens is 1. The number of nitrogens with zero attached hydrogens (tertiary/aromatic N) is 1. The monoisotopic (exact) mass is 594 g/mol. The topological polar surface area (TPSA) is 61.8 Å². The first kappa shape index (κ1) is 28.9. The molecule has 2 aromatic carbocycles. The van der Waals surface area contributed by atoms with Gasteiger partial charge in [-0.15, -0.1) is 0 Å². The van der Waals surface area contributed by atoms with Gasteiger partial charge in [0.1, 0.15) is 5.75 Å². The number of carbonyl (C=O) groups excluding carboxylic acids is 1. The Labute approximate surface area is 254 Å². The summed E-state index contributed by atoms with van der Waals surface area (Å²) in [5.41, 5.74) is 4.14. The van der Waals surface area contributed by atoms with E-state index < -0.39 is 6.10 Å². The second kappa shape index (κ2) is 11.9. The fourth-order valence-corrected chi connectivity index (χ4v) is 8.74. The number of benzene rings is 2. The van der Waals surface area contributed by atoms with Gasteiger partial charge in [-0.2, -0.15) is 0 Å². The lowest BCUT2D eigenvalue weighted by Crippen LogP contribution is -2.47. The Kier molecular flexibility index (Phi) is 8.37. The van der Waals surface area contributed by atoms with Gasteiger partial charge in [0, 0.05) is 34.3 Å². The van der Waals surface area contributed by atoms with Gasteiger partial charge in [0.05, 0.1) is 18.4 Å². The zero-order valence-corrected chi connectivity index (χ0v) is 26.0. The molecule has 0 aromatic heterocycles. The molecular weight excluding hydrogens is 552 g/mol. The van der Waals surface area contributed by atoms with Gasteiger partial charge in [-0.25, -0.2) is 0 Å². The number of amides is 1. The van der Waals surface area contributed by atoms with Crippen molar-refractivity contribution in [1.82, 2.24) is 4.72 Å². The van der Waals surface area contributed by atoms with Crippen LogP contribution >= 0.6 is 23.5 Å². The minimum atomic E-state index is -0.429. The van der Waals surface area contributed by atoms with Gasteiger partial charge in [0.25, 0.3) is 5.91 Å². The molecule has 1 amide bonds. The van der Waals surface area contributed by atoms with Crippen LogP contribution in [0.25, 0.3) is 0 Å². The van der Waals surface area contributed by atoms with Crippen LogP contribution in [0.2, 0.25) is 5.02 Å². The summed E-state index contributed by atoms with van der Waals surface area (Å²) in [6, 6.07) is 12.2. The predicted octanol–water partition coefficient (Wildman–Crippen LogP) is 7.20. The van der Waals surface area contributed by atoms with Crippen molar-refractivity contribution >= 4 is 35.1 Å². The smallest absolute Gasteiger partial charge is 0.261 e. The van der Waals surface area contributed by atoms with Gasteiger partial charge in [0.2, 0.25) is 0 Å². The van der Waals surface area contributed by atoms with E-state index in [1.165, 1.54) is 11.1 Å². The van der Waals surface area contributed by atoms with Gasteiger partial charge in [-0.05, 0) is 116 Å². The number of hydrogen-bond donors (Lipinski definition) is 2. The molecule has 2 bridgehead atoms. The van der Waals surface area contributed by atoms with E-state index in [4.69, 9.17) is 16.3 Å². The number of nitrogens with one attached hydrogen (secondary N) is 1. The highest BCUT2D eigenvalue weighted by atomic mass is 35.5. The Morgan fingerprint density at radius 2 is 2.07 bits per heavy atom. The van der Waals surface area contributed by atoms with Crippen molar-refractivity contribution in [3.63, 3.8) is 0 Å². The molecule has 2 N–H and O–H groups in total. The summed E-state index contributed by atoms with van der Waals surface area (Å²) in [5, 5.41) is 12.3. The van der Waals surface area contributed by atoms with Gasteiger partial charge >= 0.3 is 0 Å². The third kappa shape index (κ3) is 5.89. The van der Waals surface area contributed by atoms with E-state index in [-0.39, 0.29) is 17.2 Å². The Balaban J connectivity index is 1.36. The van der Waals surface area contributed by atoms with E-state index in [1.807, 2.05) is 30.3 Å². The summed E-state index contributed by atoms with van der Waals surface area (Å²) in [5.74, 6) is 2.32. The van der Waals surface area contributed by atoms with E-state index in [2.05, 4.69) is 48.6 Å². The normalized spacial score (nSPS) is 32.4. The summed E-state index contributed by atoms with van der Waals surface area (Å²) in [4.78, 5) is 15.9. The minimum absolute atomic E-state index is 0.0573. The lowest BCUT2D eigenvalue weighted by Gasteiger charge is -2.43. The van der Waals surface area contributed by atoms with Crippen LogP contribution in [0.4, 0.5) is 5.69 Å². The van der Waals surface area contributed by atoms with Crippen molar-refractivity contribution in [1.29, 1.82) is 0 Å². The Hall–Kier alpha value is -2.15. The molecule has 5 nitrogen and oxygen atoms in total. The number of allylic oxidation sites excluding steroid dienone is 1. The average molecular weight is 595 g/mol. The average Bonchev–Trinajstić information content (AvgIpc) is 3.18. The Morgan fingerprint density at radius 3 is 2.85 bits per heavy atom. The molecule has 0 saturated heterocycles. The van der Waals surface area contributed by atoms with Crippen LogP contribution in [0.3, 0.4) is 0 Å². The molecule has 1 spiro atoms. The van der Waals surface area contributed by atoms with Crippen LogP contribution in [0.15, 0.2) is 48.6 Å². The molecular formula is C34H43ClN2O3S. The number of rotatable bonds is 2. The van der Waals surface area contributed by atoms with Crippen LogP contribution in [0, 0.1) is 23.7 Å². The maximum Gasteiger partial charge on any atom is 0.261 e.